The van der Waals surface area contributed by atoms with Gasteiger partial charge in [-0.1, -0.05) is 12.1 Å². The summed E-state index contributed by atoms with van der Waals surface area (Å²) in [5, 5.41) is 2.65. The Labute approximate surface area is 153 Å². The number of halogens is 1. The number of ketones is 1. The summed E-state index contributed by atoms with van der Waals surface area (Å²) in [4.78, 5) is 35.1. The van der Waals surface area contributed by atoms with Gasteiger partial charge in [0.1, 0.15) is 5.75 Å². The van der Waals surface area contributed by atoms with E-state index in [9.17, 15) is 14.4 Å². The number of para-hydroxylation sites is 1. The van der Waals surface area contributed by atoms with Gasteiger partial charge >= 0.3 is 5.97 Å². The molecule has 130 valence electrons. The minimum Gasteiger partial charge on any atom is -0.483 e. The summed E-state index contributed by atoms with van der Waals surface area (Å²) < 4.78 is 10.6. The van der Waals surface area contributed by atoms with Gasteiger partial charge in [0.25, 0.3) is 5.91 Å². The minimum absolute atomic E-state index is 0.141. The number of rotatable bonds is 6. The molecule has 0 saturated heterocycles. The lowest BCUT2D eigenvalue weighted by Gasteiger charge is -2.11. The lowest BCUT2D eigenvalue weighted by Crippen LogP contribution is -2.21. The molecule has 0 fully saturated rings. The van der Waals surface area contributed by atoms with Gasteiger partial charge in [-0.2, -0.15) is 0 Å². The van der Waals surface area contributed by atoms with E-state index in [1.54, 1.807) is 36.4 Å². The molecule has 2 aromatic carbocycles. The number of carbonyl (C=O) groups excluding carboxylic acids is 3. The van der Waals surface area contributed by atoms with Crippen molar-refractivity contribution in [2.75, 3.05) is 19.0 Å². The highest BCUT2D eigenvalue weighted by molar-refractivity contribution is 9.10. The Morgan fingerprint density at radius 3 is 2.48 bits per heavy atom. The molecule has 0 aliphatic rings. The number of carbonyl (C=O) groups is 3. The number of Topliss-reactive ketones (excluding diaryl/α,β-unsaturated/α-hetero) is 1. The number of esters is 1. The van der Waals surface area contributed by atoms with E-state index in [0.717, 1.165) is 0 Å². The molecular weight excluding hydrogens is 390 g/mol. The van der Waals surface area contributed by atoms with Crippen LogP contribution in [0.5, 0.6) is 5.75 Å². The van der Waals surface area contributed by atoms with Crippen LogP contribution in [0.1, 0.15) is 27.6 Å². The van der Waals surface area contributed by atoms with E-state index in [2.05, 4.69) is 26.0 Å². The van der Waals surface area contributed by atoms with E-state index < -0.39 is 11.9 Å². The van der Waals surface area contributed by atoms with Crippen LogP contribution >= 0.6 is 15.9 Å². The van der Waals surface area contributed by atoms with E-state index in [-0.39, 0.29) is 12.4 Å². The second-order valence-corrected chi connectivity index (χ2v) is 5.93. The molecule has 1 N–H and O–H groups in total. The lowest BCUT2D eigenvalue weighted by molar-refractivity contribution is -0.118. The van der Waals surface area contributed by atoms with Gasteiger partial charge in [-0.3, -0.25) is 9.59 Å². The molecular formula is C18H16BrNO5. The predicted molar refractivity (Wildman–Crippen MR) is 96.1 cm³/mol. The molecule has 7 heteroatoms. The molecule has 0 bridgehead atoms. The molecule has 0 heterocycles. The zero-order valence-electron chi connectivity index (χ0n) is 13.7. The number of amides is 1. The number of methoxy groups -OCH3 is 1. The normalized spacial score (nSPS) is 10.0. The van der Waals surface area contributed by atoms with Crippen LogP contribution in [-0.4, -0.2) is 31.4 Å². The second-order valence-electron chi connectivity index (χ2n) is 5.08. The molecule has 0 spiro atoms. The third kappa shape index (κ3) is 4.90. The van der Waals surface area contributed by atoms with Gasteiger partial charge < -0.3 is 14.8 Å². The fourth-order valence-corrected chi connectivity index (χ4v) is 2.58. The van der Waals surface area contributed by atoms with E-state index in [4.69, 9.17) is 4.74 Å². The van der Waals surface area contributed by atoms with Crippen molar-refractivity contribution < 1.29 is 23.9 Å². The van der Waals surface area contributed by atoms with Crippen LogP contribution in [-0.2, 0) is 9.53 Å². The van der Waals surface area contributed by atoms with Crippen LogP contribution in [0.15, 0.2) is 46.9 Å². The standard InChI is InChI=1S/C18H16BrNO5/c1-11(21)13-5-3-4-6-15(13)20-17(22)10-25-16-8-7-12(9-14(16)19)18(23)24-2/h3-9H,10H2,1-2H3,(H,20,22). The van der Waals surface area contributed by atoms with Crippen molar-refractivity contribution >= 4 is 39.3 Å². The van der Waals surface area contributed by atoms with Gasteiger partial charge in [0, 0.05) is 5.56 Å². The molecule has 2 aromatic rings. The molecule has 2 rings (SSSR count). The molecule has 0 atom stereocenters. The number of benzene rings is 2. The lowest BCUT2D eigenvalue weighted by atomic mass is 10.1. The Bertz CT molecular complexity index is 819. The van der Waals surface area contributed by atoms with Crippen molar-refractivity contribution in [1.82, 2.24) is 0 Å². The summed E-state index contributed by atoms with van der Waals surface area (Å²) in [5.41, 5.74) is 1.23. The largest absolute Gasteiger partial charge is 0.483 e. The van der Waals surface area contributed by atoms with Crippen molar-refractivity contribution in [3.8, 4) is 5.75 Å². The average molecular weight is 406 g/mol. The van der Waals surface area contributed by atoms with Crippen molar-refractivity contribution in [3.05, 3.63) is 58.1 Å². The Hall–Kier alpha value is -2.67. The van der Waals surface area contributed by atoms with Crippen molar-refractivity contribution in [3.63, 3.8) is 0 Å². The molecule has 0 aliphatic carbocycles. The first-order valence-electron chi connectivity index (χ1n) is 7.33. The molecule has 0 aromatic heterocycles. The van der Waals surface area contributed by atoms with E-state index in [0.29, 0.717) is 27.0 Å². The summed E-state index contributed by atoms with van der Waals surface area (Å²) in [5.74, 6) is -0.607. The van der Waals surface area contributed by atoms with E-state index in [1.807, 2.05) is 0 Å². The van der Waals surface area contributed by atoms with Crippen molar-refractivity contribution in [1.29, 1.82) is 0 Å². The van der Waals surface area contributed by atoms with Gasteiger partial charge in [0.05, 0.1) is 22.8 Å². The first kappa shape index (κ1) is 18.7. The molecule has 6 nitrogen and oxygen atoms in total. The number of nitrogens with one attached hydrogen (secondary N) is 1. The Morgan fingerprint density at radius 1 is 1.12 bits per heavy atom. The summed E-state index contributed by atoms with van der Waals surface area (Å²) in [6.45, 7) is 1.18. The van der Waals surface area contributed by atoms with Crippen LogP contribution in [0.2, 0.25) is 0 Å². The van der Waals surface area contributed by atoms with Crippen LogP contribution in [0.3, 0.4) is 0 Å². The van der Waals surface area contributed by atoms with Crippen LogP contribution in [0.4, 0.5) is 5.69 Å². The number of ether oxygens (including phenoxy) is 2. The number of hydrogen-bond donors (Lipinski definition) is 1. The van der Waals surface area contributed by atoms with E-state index in [1.165, 1.54) is 20.1 Å². The average Bonchev–Trinajstić information content (AvgIpc) is 2.60. The zero-order chi connectivity index (χ0) is 18.4. The van der Waals surface area contributed by atoms with Crippen molar-refractivity contribution in [2.45, 2.75) is 6.92 Å². The topological polar surface area (TPSA) is 81.7 Å². The predicted octanol–water partition coefficient (Wildman–Crippen LogP) is 3.46. The van der Waals surface area contributed by atoms with Gasteiger partial charge in [0.15, 0.2) is 12.4 Å². The highest BCUT2D eigenvalue weighted by Crippen LogP contribution is 2.26. The van der Waals surface area contributed by atoms with Crippen LogP contribution in [0.25, 0.3) is 0 Å². The molecule has 0 saturated carbocycles. The summed E-state index contributed by atoms with van der Waals surface area (Å²) in [6.07, 6.45) is 0. The highest BCUT2D eigenvalue weighted by atomic mass is 79.9. The highest BCUT2D eigenvalue weighted by Gasteiger charge is 2.12. The second kappa shape index (κ2) is 8.43. The van der Waals surface area contributed by atoms with Gasteiger partial charge in [0.2, 0.25) is 0 Å². The molecule has 25 heavy (non-hydrogen) atoms. The minimum atomic E-state index is -0.467. The molecule has 0 radical (unpaired) electrons. The fraction of sp³-hybridized carbons (Fsp3) is 0.167. The third-order valence-electron chi connectivity index (χ3n) is 3.29. The quantitative estimate of drug-likeness (QED) is 0.587. The van der Waals surface area contributed by atoms with E-state index >= 15 is 0 Å². The Morgan fingerprint density at radius 2 is 1.84 bits per heavy atom. The fourth-order valence-electron chi connectivity index (χ4n) is 2.09. The smallest absolute Gasteiger partial charge is 0.337 e. The first-order chi connectivity index (χ1) is 11.9. The van der Waals surface area contributed by atoms with Gasteiger partial charge in [-0.15, -0.1) is 0 Å². The first-order valence-corrected chi connectivity index (χ1v) is 8.12. The summed E-state index contributed by atoms with van der Waals surface area (Å²) >= 11 is 3.28. The number of anilines is 1. The maximum absolute atomic E-state index is 12.1. The third-order valence-corrected chi connectivity index (χ3v) is 3.91. The Kier molecular flexibility index (Phi) is 6.30. The number of hydrogen-bond acceptors (Lipinski definition) is 5. The maximum atomic E-state index is 12.1. The molecule has 0 unspecified atom stereocenters. The van der Waals surface area contributed by atoms with Gasteiger partial charge in [-0.05, 0) is 53.2 Å². The van der Waals surface area contributed by atoms with Crippen LogP contribution < -0.4 is 10.1 Å². The SMILES string of the molecule is COC(=O)c1ccc(OCC(=O)Nc2ccccc2C(C)=O)c(Br)c1. The summed E-state index contributed by atoms with van der Waals surface area (Å²) in [6, 6.07) is 11.4. The Balaban J connectivity index is 2.01. The van der Waals surface area contributed by atoms with Crippen LogP contribution in [0, 0.1) is 0 Å². The molecule has 0 aliphatic heterocycles. The zero-order valence-corrected chi connectivity index (χ0v) is 15.3. The molecule has 1 amide bonds. The monoisotopic (exact) mass is 405 g/mol. The maximum Gasteiger partial charge on any atom is 0.337 e. The summed E-state index contributed by atoms with van der Waals surface area (Å²) in [7, 11) is 1.30. The van der Waals surface area contributed by atoms with Crippen molar-refractivity contribution in [2.24, 2.45) is 0 Å². The van der Waals surface area contributed by atoms with Gasteiger partial charge in [-0.25, -0.2) is 4.79 Å².